The molecule has 2 rings (SSSR count). The predicted octanol–water partition coefficient (Wildman–Crippen LogP) is -1.36. The highest BCUT2D eigenvalue weighted by atomic mass is 19.1. The molecular formula is C10H12FN3O5. The van der Waals surface area contributed by atoms with Crippen LogP contribution < -0.4 is 11.4 Å². The Balaban J connectivity index is 2.44. The zero-order valence-electron chi connectivity index (χ0n) is 9.60. The fourth-order valence-electron chi connectivity index (χ4n) is 1.83. The van der Waals surface area contributed by atoms with Crippen LogP contribution in [0.5, 0.6) is 5.75 Å². The zero-order chi connectivity index (χ0) is 14.2. The van der Waals surface area contributed by atoms with Gasteiger partial charge in [-0.05, 0) is 0 Å². The number of nitrogen functional groups attached to an aromatic ring is 1. The van der Waals surface area contributed by atoms with Crippen LogP contribution in [0, 0.1) is 0 Å². The summed E-state index contributed by atoms with van der Waals surface area (Å²) in [5.41, 5.74) is 4.16. The first-order chi connectivity index (χ1) is 8.99. The molecule has 1 aliphatic rings. The van der Waals surface area contributed by atoms with Gasteiger partial charge in [0.2, 0.25) is 0 Å². The number of halogens is 1. The smallest absolute Gasteiger partial charge is 0.351 e. The van der Waals surface area contributed by atoms with Crippen molar-refractivity contribution in [3.05, 3.63) is 28.6 Å². The van der Waals surface area contributed by atoms with Crippen molar-refractivity contribution in [2.75, 3.05) is 12.3 Å². The minimum atomic E-state index is -1.48. The van der Waals surface area contributed by atoms with Gasteiger partial charge in [-0.1, -0.05) is 0 Å². The van der Waals surface area contributed by atoms with E-state index in [1.54, 1.807) is 0 Å². The molecule has 1 aliphatic heterocycles. The summed E-state index contributed by atoms with van der Waals surface area (Å²) in [6.07, 6.45) is -2.82. The molecule has 3 unspecified atom stereocenters. The molecule has 5 N–H and O–H groups in total. The number of ether oxygens (including phenoxy) is 1. The van der Waals surface area contributed by atoms with Gasteiger partial charge in [-0.3, -0.25) is 4.57 Å². The monoisotopic (exact) mass is 273 g/mol. The van der Waals surface area contributed by atoms with Crippen molar-refractivity contribution in [3.63, 3.8) is 0 Å². The van der Waals surface area contributed by atoms with Crippen LogP contribution >= 0.6 is 0 Å². The van der Waals surface area contributed by atoms with E-state index in [1.807, 2.05) is 0 Å². The molecular weight excluding hydrogens is 261 g/mol. The number of nitrogens with two attached hydrogens (primary N) is 1. The lowest BCUT2D eigenvalue weighted by Gasteiger charge is -2.16. The Hall–Kier alpha value is -1.97. The Morgan fingerprint density at radius 1 is 1.63 bits per heavy atom. The van der Waals surface area contributed by atoms with E-state index < -0.39 is 36.5 Å². The van der Waals surface area contributed by atoms with Gasteiger partial charge in [-0.25, -0.2) is 9.18 Å². The highest BCUT2D eigenvalue weighted by Gasteiger charge is 2.40. The Bertz CT molecular complexity index is 573. The molecule has 0 saturated carbocycles. The van der Waals surface area contributed by atoms with Gasteiger partial charge in [-0.2, -0.15) is 4.98 Å². The molecule has 0 radical (unpaired) electrons. The quantitative estimate of drug-likeness (QED) is 0.523. The van der Waals surface area contributed by atoms with Crippen molar-refractivity contribution in [1.29, 1.82) is 0 Å². The minimum absolute atomic E-state index is 0.112. The molecule has 3 atom stereocenters. The van der Waals surface area contributed by atoms with Crippen LogP contribution in [0.4, 0.5) is 10.2 Å². The van der Waals surface area contributed by atoms with Gasteiger partial charge in [0.1, 0.15) is 12.2 Å². The van der Waals surface area contributed by atoms with Crippen LogP contribution in [0.15, 0.2) is 22.9 Å². The largest absolute Gasteiger partial charge is 0.503 e. The van der Waals surface area contributed by atoms with Crippen molar-refractivity contribution >= 4 is 5.82 Å². The fourth-order valence-corrected chi connectivity index (χ4v) is 1.83. The number of hydrogen-bond donors (Lipinski definition) is 4. The van der Waals surface area contributed by atoms with Crippen molar-refractivity contribution in [2.45, 2.75) is 18.4 Å². The first kappa shape index (κ1) is 13.5. The molecule has 0 amide bonds. The third-order valence-electron chi connectivity index (χ3n) is 2.81. The summed E-state index contributed by atoms with van der Waals surface area (Å²) >= 11 is 0. The Labute approximate surface area is 106 Å². The van der Waals surface area contributed by atoms with Gasteiger partial charge >= 0.3 is 5.69 Å². The topological polar surface area (TPSA) is 131 Å². The SMILES string of the molecule is Nc1nc(=O)n(C2OC(CO)/C(=C/F)C2O)cc1O. The molecule has 0 aliphatic carbocycles. The van der Waals surface area contributed by atoms with Gasteiger partial charge in [0.15, 0.2) is 17.8 Å². The van der Waals surface area contributed by atoms with E-state index in [4.69, 9.17) is 15.6 Å². The van der Waals surface area contributed by atoms with E-state index in [2.05, 4.69) is 4.98 Å². The second-order valence-electron chi connectivity index (χ2n) is 3.95. The van der Waals surface area contributed by atoms with Gasteiger partial charge in [-0.15, -0.1) is 0 Å². The zero-order valence-corrected chi connectivity index (χ0v) is 9.60. The fraction of sp³-hybridized carbons (Fsp3) is 0.400. The van der Waals surface area contributed by atoms with E-state index in [0.29, 0.717) is 0 Å². The molecule has 1 aromatic rings. The Morgan fingerprint density at radius 2 is 2.32 bits per heavy atom. The second-order valence-corrected chi connectivity index (χ2v) is 3.95. The number of aromatic nitrogens is 2. The third-order valence-corrected chi connectivity index (χ3v) is 2.81. The van der Waals surface area contributed by atoms with Crippen LogP contribution in [0.3, 0.4) is 0 Å². The molecule has 0 spiro atoms. The average Bonchev–Trinajstić information content (AvgIpc) is 2.70. The van der Waals surface area contributed by atoms with E-state index in [9.17, 15) is 19.4 Å². The van der Waals surface area contributed by atoms with Gasteiger partial charge in [0.25, 0.3) is 0 Å². The first-order valence-corrected chi connectivity index (χ1v) is 5.31. The summed E-state index contributed by atoms with van der Waals surface area (Å²) < 4.78 is 18.6. The second kappa shape index (κ2) is 4.96. The van der Waals surface area contributed by atoms with Crippen molar-refractivity contribution in [3.8, 4) is 5.75 Å². The van der Waals surface area contributed by atoms with E-state index in [0.717, 1.165) is 10.8 Å². The summed E-state index contributed by atoms with van der Waals surface area (Å²) in [6.45, 7) is -0.563. The number of aliphatic hydroxyl groups excluding tert-OH is 2. The maximum absolute atomic E-state index is 12.6. The number of nitrogens with zero attached hydrogens (tertiary/aromatic N) is 2. The molecule has 19 heavy (non-hydrogen) atoms. The Kier molecular flexibility index (Phi) is 3.51. The number of hydrogen-bond acceptors (Lipinski definition) is 7. The third kappa shape index (κ3) is 2.18. The minimum Gasteiger partial charge on any atom is -0.503 e. The summed E-state index contributed by atoms with van der Waals surface area (Å²) in [6, 6.07) is 0. The maximum Gasteiger partial charge on any atom is 0.351 e. The van der Waals surface area contributed by atoms with Crippen LogP contribution in [0.25, 0.3) is 0 Å². The lowest BCUT2D eigenvalue weighted by Crippen LogP contribution is -2.32. The molecule has 2 heterocycles. The van der Waals surface area contributed by atoms with Crippen LogP contribution in [0.2, 0.25) is 0 Å². The molecule has 0 aromatic carbocycles. The standard InChI is InChI=1S/C10H12FN3O5/c11-1-4-6(3-15)19-9(7(4)17)14-2-5(16)8(12)13-10(14)18/h1-2,6-7,9,15-17H,3H2,(H2,12,13,18)/b4-1-. The molecule has 1 saturated heterocycles. The summed E-state index contributed by atoms with van der Waals surface area (Å²) in [4.78, 5) is 14.9. The van der Waals surface area contributed by atoms with Gasteiger partial charge < -0.3 is 25.8 Å². The van der Waals surface area contributed by atoms with Crippen molar-refractivity contribution in [1.82, 2.24) is 9.55 Å². The van der Waals surface area contributed by atoms with Crippen LogP contribution in [-0.4, -0.2) is 43.7 Å². The van der Waals surface area contributed by atoms with Crippen molar-refractivity contribution < 1.29 is 24.4 Å². The summed E-state index contributed by atoms with van der Waals surface area (Å²) in [5, 5.41) is 28.2. The first-order valence-electron chi connectivity index (χ1n) is 5.31. The van der Waals surface area contributed by atoms with Crippen LogP contribution in [-0.2, 0) is 4.74 Å². The molecule has 8 nitrogen and oxygen atoms in total. The van der Waals surface area contributed by atoms with Crippen LogP contribution in [0.1, 0.15) is 6.23 Å². The molecule has 1 fully saturated rings. The summed E-state index contributed by atoms with van der Waals surface area (Å²) in [5.74, 6) is -0.845. The number of anilines is 1. The summed E-state index contributed by atoms with van der Waals surface area (Å²) in [7, 11) is 0. The van der Waals surface area contributed by atoms with Crippen molar-refractivity contribution in [2.24, 2.45) is 0 Å². The number of aromatic hydroxyl groups is 1. The normalized spacial score (nSPS) is 29.0. The Morgan fingerprint density at radius 3 is 2.84 bits per heavy atom. The predicted molar refractivity (Wildman–Crippen MR) is 60.8 cm³/mol. The lowest BCUT2D eigenvalue weighted by atomic mass is 10.1. The maximum atomic E-state index is 12.6. The average molecular weight is 273 g/mol. The van der Waals surface area contributed by atoms with Gasteiger partial charge in [0.05, 0.1) is 19.1 Å². The van der Waals surface area contributed by atoms with E-state index in [1.165, 1.54) is 0 Å². The highest BCUT2D eigenvalue weighted by molar-refractivity contribution is 5.41. The van der Waals surface area contributed by atoms with Gasteiger partial charge in [0, 0.05) is 5.57 Å². The molecule has 0 bridgehead atoms. The van der Waals surface area contributed by atoms with E-state index in [-0.39, 0.29) is 17.7 Å². The number of aliphatic hydroxyl groups is 2. The highest BCUT2D eigenvalue weighted by Crippen LogP contribution is 2.33. The molecule has 1 aromatic heterocycles. The number of rotatable bonds is 2. The molecule has 9 heteroatoms. The van der Waals surface area contributed by atoms with E-state index >= 15 is 0 Å². The lowest BCUT2D eigenvalue weighted by molar-refractivity contribution is -0.0529. The molecule has 104 valence electrons.